The zero-order valence-corrected chi connectivity index (χ0v) is 9.90. The van der Waals surface area contributed by atoms with Gasteiger partial charge in [0.15, 0.2) is 5.76 Å². The van der Waals surface area contributed by atoms with Crippen LogP contribution in [0.4, 0.5) is 0 Å². The maximum absolute atomic E-state index is 12.2. The largest absolute Gasteiger partial charge is 0.451 e. The number of aryl methyl sites for hydroxylation is 1. The number of furan rings is 1. The number of hydrogen-bond donors (Lipinski definition) is 0. The first kappa shape index (κ1) is 10.4. The Morgan fingerprint density at radius 2 is 2.12 bits per heavy atom. The van der Waals surface area contributed by atoms with Crippen LogP contribution in [-0.2, 0) is 6.42 Å². The van der Waals surface area contributed by atoms with Crippen LogP contribution in [0.3, 0.4) is 0 Å². The number of fused-ring (bicyclic) bond motifs is 1. The first-order valence-electron chi connectivity index (χ1n) is 6.11. The van der Waals surface area contributed by atoms with Crippen LogP contribution >= 0.6 is 0 Å². The van der Waals surface area contributed by atoms with Crippen molar-refractivity contribution >= 4 is 16.9 Å². The van der Waals surface area contributed by atoms with Gasteiger partial charge in [-0.25, -0.2) is 0 Å². The fourth-order valence-corrected chi connectivity index (χ4v) is 2.29. The van der Waals surface area contributed by atoms with E-state index in [9.17, 15) is 4.79 Å². The molecule has 0 radical (unpaired) electrons. The van der Waals surface area contributed by atoms with E-state index in [-0.39, 0.29) is 5.91 Å². The molecule has 0 spiro atoms. The van der Waals surface area contributed by atoms with Crippen LogP contribution in [0.15, 0.2) is 28.7 Å². The summed E-state index contributed by atoms with van der Waals surface area (Å²) >= 11 is 0. The van der Waals surface area contributed by atoms with Crippen molar-refractivity contribution in [1.82, 2.24) is 4.90 Å². The number of benzene rings is 1. The van der Waals surface area contributed by atoms with Gasteiger partial charge in [0.25, 0.3) is 5.91 Å². The van der Waals surface area contributed by atoms with E-state index in [2.05, 4.69) is 6.92 Å². The first-order valence-corrected chi connectivity index (χ1v) is 6.11. The Morgan fingerprint density at radius 1 is 1.35 bits per heavy atom. The quantitative estimate of drug-likeness (QED) is 0.793. The summed E-state index contributed by atoms with van der Waals surface area (Å²) in [5.41, 5.74) is 1.85. The number of nitrogens with zero attached hydrogens (tertiary/aromatic N) is 1. The van der Waals surface area contributed by atoms with Gasteiger partial charge in [-0.3, -0.25) is 4.79 Å². The molecular formula is C14H15NO2. The van der Waals surface area contributed by atoms with Crippen molar-refractivity contribution in [3.8, 4) is 0 Å². The molecule has 1 aromatic heterocycles. The van der Waals surface area contributed by atoms with Crippen LogP contribution in [0.25, 0.3) is 11.0 Å². The van der Waals surface area contributed by atoms with Crippen molar-refractivity contribution in [2.45, 2.75) is 19.8 Å². The summed E-state index contributed by atoms with van der Waals surface area (Å²) in [5, 5.41) is 1.07. The standard InChI is InChI=1S/C14H15NO2/c1-2-10-11-6-3-4-7-12(11)17-13(10)14(16)15-8-5-9-15/h3-4,6-7H,2,5,8-9H2,1H3. The average molecular weight is 229 g/mol. The van der Waals surface area contributed by atoms with E-state index in [1.54, 1.807) is 0 Å². The van der Waals surface area contributed by atoms with Gasteiger partial charge in [-0.05, 0) is 18.9 Å². The Kier molecular flexibility index (Phi) is 2.39. The van der Waals surface area contributed by atoms with Gasteiger partial charge in [0.2, 0.25) is 0 Å². The average Bonchev–Trinajstić information content (AvgIpc) is 2.64. The molecule has 17 heavy (non-hydrogen) atoms. The summed E-state index contributed by atoms with van der Waals surface area (Å²) in [6, 6.07) is 7.85. The minimum absolute atomic E-state index is 0.0456. The highest BCUT2D eigenvalue weighted by molar-refractivity contribution is 5.99. The molecule has 0 unspecified atom stereocenters. The summed E-state index contributed by atoms with van der Waals surface area (Å²) in [6.07, 6.45) is 1.93. The Hall–Kier alpha value is -1.77. The molecule has 0 atom stereocenters. The fraction of sp³-hybridized carbons (Fsp3) is 0.357. The van der Waals surface area contributed by atoms with Crippen molar-refractivity contribution < 1.29 is 9.21 Å². The molecule has 1 amide bonds. The molecule has 1 aliphatic rings. The highest BCUT2D eigenvalue weighted by Gasteiger charge is 2.27. The number of rotatable bonds is 2. The lowest BCUT2D eigenvalue weighted by molar-refractivity contribution is 0.0620. The third-order valence-electron chi connectivity index (χ3n) is 3.39. The van der Waals surface area contributed by atoms with Crippen LogP contribution < -0.4 is 0 Å². The zero-order chi connectivity index (χ0) is 11.8. The smallest absolute Gasteiger partial charge is 0.289 e. The molecule has 1 fully saturated rings. The Morgan fingerprint density at radius 3 is 2.76 bits per heavy atom. The number of hydrogen-bond acceptors (Lipinski definition) is 2. The Labute approximate surface area is 100 Å². The minimum Gasteiger partial charge on any atom is -0.451 e. The highest BCUT2D eigenvalue weighted by Crippen LogP contribution is 2.28. The summed E-state index contributed by atoms with van der Waals surface area (Å²) in [7, 11) is 0. The van der Waals surface area contributed by atoms with Crippen molar-refractivity contribution in [1.29, 1.82) is 0 Å². The van der Waals surface area contributed by atoms with E-state index in [0.717, 1.165) is 42.5 Å². The van der Waals surface area contributed by atoms with Gasteiger partial charge in [-0.2, -0.15) is 0 Å². The number of carbonyl (C=O) groups is 1. The van der Waals surface area contributed by atoms with Gasteiger partial charge >= 0.3 is 0 Å². The van der Waals surface area contributed by atoms with Gasteiger partial charge in [-0.1, -0.05) is 25.1 Å². The lowest BCUT2D eigenvalue weighted by Gasteiger charge is -2.30. The predicted molar refractivity (Wildman–Crippen MR) is 66.1 cm³/mol. The summed E-state index contributed by atoms with van der Waals surface area (Å²) in [4.78, 5) is 14.1. The van der Waals surface area contributed by atoms with Crippen LogP contribution in [0.5, 0.6) is 0 Å². The monoisotopic (exact) mass is 229 g/mol. The third-order valence-corrected chi connectivity index (χ3v) is 3.39. The van der Waals surface area contributed by atoms with Crippen molar-refractivity contribution in [3.63, 3.8) is 0 Å². The maximum Gasteiger partial charge on any atom is 0.289 e. The summed E-state index contributed by atoms with van der Waals surface area (Å²) < 4.78 is 5.72. The Bertz CT molecular complexity index is 567. The lowest BCUT2D eigenvalue weighted by atomic mass is 10.1. The third kappa shape index (κ3) is 1.54. The molecule has 3 nitrogen and oxygen atoms in total. The number of carbonyl (C=O) groups excluding carboxylic acids is 1. The highest BCUT2D eigenvalue weighted by atomic mass is 16.3. The van der Waals surface area contributed by atoms with Crippen LogP contribution in [0.2, 0.25) is 0 Å². The minimum atomic E-state index is 0.0456. The topological polar surface area (TPSA) is 33.5 Å². The maximum atomic E-state index is 12.2. The van der Waals surface area contributed by atoms with Gasteiger partial charge < -0.3 is 9.32 Å². The molecular weight excluding hydrogens is 214 g/mol. The molecule has 3 rings (SSSR count). The van der Waals surface area contributed by atoms with E-state index >= 15 is 0 Å². The molecule has 88 valence electrons. The summed E-state index contributed by atoms with van der Waals surface area (Å²) in [6.45, 7) is 3.78. The van der Waals surface area contributed by atoms with E-state index in [4.69, 9.17) is 4.42 Å². The van der Waals surface area contributed by atoms with E-state index < -0.39 is 0 Å². The second-order valence-electron chi connectivity index (χ2n) is 4.41. The van der Waals surface area contributed by atoms with Gasteiger partial charge in [0.05, 0.1) is 0 Å². The Balaban J connectivity index is 2.11. The summed E-state index contributed by atoms with van der Waals surface area (Å²) in [5.74, 6) is 0.581. The SMILES string of the molecule is CCc1c(C(=O)N2CCC2)oc2ccccc12. The first-order chi connectivity index (χ1) is 8.31. The molecule has 1 saturated heterocycles. The molecule has 0 saturated carbocycles. The predicted octanol–water partition coefficient (Wildman–Crippen LogP) is 2.84. The molecule has 1 aliphatic heterocycles. The van der Waals surface area contributed by atoms with Gasteiger partial charge in [0.1, 0.15) is 5.58 Å². The van der Waals surface area contributed by atoms with Gasteiger partial charge in [0, 0.05) is 24.0 Å². The number of para-hydroxylation sites is 1. The molecule has 0 N–H and O–H groups in total. The van der Waals surface area contributed by atoms with E-state index in [0.29, 0.717) is 5.76 Å². The molecule has 3 heteroatoms. The number of likely N-dealkylation sites (tertiary alicyclic amines) is 1. The molecule has 1 aromatic carbocycles. The molecule has 2 heterocycles. The second-order valence-corrected chi connectivity index (χ2v) is 4.41. The molecule has 0 aliphatic carbocycles. The zero-order valence-electron chi connectivity index (χ0n) is 9.90. The van der Waals surface area contributed by atoms with Gasteiger partial charge in [-0.15, -0.1) is 0 Å². The normalized spacial score (nSPS) is 15.0. The van der Waals surface area contributed by atoms with Crippen molar-refractivity contribution in [2.24, 2.45) is 0 Å². The number of amides is 1. The molecule has 0 bridgehead atoms. The van der Waals surface area contributed by atoms with E-state index in [1.165, 1.54) is 0 Å². The fourth-order valence-electron chi connectivity index (χ4n) is 2.29. The van der Waals surface area contributed by atoms with Crippen molar-refractivity contribution in [2.75, 3.05) is 13.1 Å². The van der Waals surface area contributed by atoms with Crippen molar-refractivity contribution in [3.05, 3.63) is 35.6 Å². The second kappa shape index (κ2) is 3.91. The lowest BCUT2D eigenvalue weighted by Crippen LogP contribution is -2.42. The van der Waals surface area contributed by atoms with Crippen LogP contribution in [0.1, 0.15) is 29.5 Å². The molecule has 2 aromatic rings. The van der Waals surface area contributed by atoms with Crippen LogP contribution in [-0.4, -0.2) is 23.9 Å². The van der Waals surface area contributed by atoms with Crippen LogP contribution in [0, 0.1) is 0 Å². The van der Waals surface area contributed by atoms with E-state index in [1.807, 2.05) is 29.2 Å².